The van der Waals surface area contributed by atoms with E-state index in [2.05, 4.69) is 20.3 Å². The van der Waals surface area contributed by atoms with Crippen molar-refractivity contribution in [2.24, 2.45) is 5.41 Å². The number of aryl methyl sites for hydroxylation is 1. The van der Waals surface area contributed by atoms with Gasteiger partial charge < -0.3 is 25.2 Å². The molecule has 5 heterocycles. The predicted molar refractivity (Wildman–Crippen MR) is 163 cm³/mol. The van der Waals surface area contributed by atoms with Gasteiger partial charge >= 0.3 is 5.97 Å². The SMILES string of the molecule is Cc1nc(C(=O)N2C[C@@H]3C[C@H]2CN3C(=O)[C@@H](NC(=O)c2cc3ccccc3[nH]2)C(C)(C)C)ccc1-c1ccc(C(=O)O)cn1. The smallest absolute Gasteiger partial charge is 0.337 e. The van der Waals surface area contributed by atoms with Crippen LogP contribution in [0.15, 0.2) is 60.8 Å². The number of amides is 3. The zero-order valence-corrected chi connectivity index (χ0v) is 25.0. The van der Waals surface area contributed by atoms with E-state index in [1.54, 1.807) is 36.1 Å². The molecule has 0 spiro atoms. The lowest BCUT2D eigenvalue weighted by atomic mass is 9.85. The van der Waals surface area contributed by atoms with Crippen molar-refractivity contribution in [2.45, 2.75) is 52.2 Å². The summed E-state index contributed by atoms with van der Waals surface area (Å²) in [5, 5.41) is 13.0. The lowest BCUT2D eigenvalue weighted by molar-refractivity contribution is -0.138. The molecule has 3 atom stereocenters. The van der Waals surface area contributed by atoms with E-state index in [1.807, 2.05) is 49.9 Å². The average Bonchev–Trinajstić information content (AvgIpc) is 3.73. The summed E-state index contributed by atoms with van der Waals surface area (Å²) in [6.07, 6.45) is 1.96. The molecule has 3 amide bonds. The lowest BCUT2D eigenvalue weighted by Gasteiger charge is -2.39. The van der Waals surface area contributed by atoms with Gasteiger partial charge in [-0.2, -0.15) is 0 Å². The van der Waals surface area contributed by atoms with Gasteiger partial charge in [-0.3, -0.25) is 19.4 Å². The first-order chi connectivity index (χ1) is 20.9. The highest BCUT2D eigenvalue weighted by molar-refractivity contribution is 6.00. The fourth-order valence-electron chi connectivity index (χ4n) is 6.18. The third kappa shape index (κ3) is 5.29. The Morgan fingerprint density at radius 1 is 1.00 bits per heavy atom. The van der Waals surface area contributed by atoms with Crippen LogP contribution in [-0.4, -0.2) is 84.8 Å². The Kier molecular flexibility index (Phi) is 7.19. The van der Waals surface area contributed by atoms with Gasteiger partial charge in [-0.25, -0.2) is 9.78 Å². The number of carboxylic acid groups (broad SMARTS) is 1. The molecule has 2 saturated heterocycles. The number of para-hydroxylation sites is 1. The zero-order valence-electron chi connectivity index (χ0n) is 25.0. The number of carboxylic acids is 1. The second-order valence-electron chi connectivity index (χ2n) is 12.6. The van der Waals surface area contributed by atoms with Gasteiger partial charge in [0, 0.05) is 41.4 Å². The summed E-state index contributed by atoms with van der Waals surface area (Å²) in [6.45, 7) is 8.35. The van der Waals surface area contributed by atoms with Gasteiger partial charge in [-0.05, 0) is 55.2 Å². The van der Waals surface area contributed by atoms with Crippen LogP contribution >= 0.6 is 0 Å². The van der Waals surface area contributed by atoms with Crippen molar-refractivity contribution >= 4 is 34.6 Å². The van der Waals surface area contributed by atoms with E-state index in [-0.39, 0.29) is 35.4 Å². The normalized spacial score (nSPS) is 18.5. The van der Waals surface area contributed by atoms with Crippen molar-refractivity contribution in [3.05, 3.63) is 83.4 Å². The Labute approximate surface area is 254 Å². The molecule has 44 heavy (non-hydrogen) atoms. The number of piperazine rings is 1. The number of fused-ring (bicyclic) bond motifs is 3. The fourth-order valence-corrected chi connectivity index (χ4v) is 6.18. The van der Waals surface area contributed by atoms with Crippen molar-refractivity contribution in [3.63, 3.8) is 0 Å². The summed E-state index contributed by atoms with van der Waals surface area (Å²) in [5.41, 5.74) is 2.98. The second-order valence-corrected chi connectivity index (χ2v) is 12.6. The molecule has 226 valence electrons. The van der Waals surface area contributed by atoms with Crippen molar-refractivity contribution in [1.82, 2.24) is 30.1 Å². The summed E-state index contributed by atoms with van der Waals surface area (Å²) in [7, 11) is 0. The standard InChI is InChI=1S/C33H34N6O5/c1-18-23(25-11-9-20(15-34-25)32(43)44)10-12-26(35-18)30(41)38-16-22-14-21(38)17-39(22)31(42)28(33(2,3)4)37-29(40)27-13-19-7-5-6-8-24(19)36-27/h5-13,15,21-22,28,36H,14,16-17H2,1-4H3,(H,37,40)(H,43,44)/t21-,22-,28+/m0/s1. The third-order valence-corrected chi connectivity index (χ3v) is 8.54. The molecular weight excluding hydrogens is 560 g/mol. The van der Waals surface area contributed by atoms with Crippen molar-refractivity contribution < 1.29 is 24.3 Å². The molecule has 4 aromatic rings. The van der Waals surface area contributed by atoms with E-state index < -0.39 is 17.4 Å². The van der Waals surface area contributed by atoms with E-state index in [0.717, 1.165) is 10.9 Å². The summed E-state index contributed by atoms with van der Waals surface area (Å²) < 4.78 is 0. The molecule has 0 radical (unpaired) electrons. The number of H-pyrrole nitrogens is 1. The molecular formula is C33H34N6O5. The number of nitrogens with one attached hydrogen (secondary N) is 2. The van der Waals surface area contributed by atoms with Crippen LogP contribution < -0.4 is 5.32 Å². The molecule has 3 N–H and O–H groups in total. The van der Waals surface area contributed by atoms with Crippen LogP contribution in [0.4, 0.5) is 0 Å². The van der Waals surface area contributed by atoms with Crippen molar-refractivity contribution in [1.29, 1.82) is 0 Å². The number of pyridine rings is 2. The van der Waals surface area contributed by atoms with Gasteiger partial charge in [-0.1, -0.05) is 39.0 Å². The number of hydrogen-bond acceptors (Lipinski definition) is 6. The molecule has 2 bridgehead atoms. The monoisotopic (exact) mass is 594 g/mol. The topological polar surface area (TPSA) is 149 Å². The Balaban J connectivity index is 1.13. The van der Waals surface area contributed by atoms with Crippen LogP contribution in [0.25, 0.3) is 22.2 Å². The molecule has 2 aliphatic rings. The summed E-state index contributed by atoms with van der Waals surface area (Å²) in [4.78, 5) is 67.3. The van der Waals surface area contributed by atoms with E-state index in [9.17, 15) is 19.2 Å². The van der Waals surface area contributed by atoms with Gasteiger partial charge in [0.25, 0.3) is 11.8 Å². The Morgan fingerprint density at radius 2 is 1.73 bits per heavy atom. The largest absolute Gasteiger partial charge is 0.478 e. The molecule has 6 rings (SSSR count). The molecule has 2 aliphatic heterocycles. The van der Waals surface area contributed by atoms with Crippen LogP contribution in [0.5, 0.6) is 0 Å². The number of nitrogens with zero attached hydrogens (tertiary/aromatic N) is 4. The van der Waals surface area contributed by atoms with Crippen molar-refractivity contribution in [2.75, 3.05) is 13.1 Å². The molecule has 0 unspecified atom stereocenters. The second kappa shape index (κ2) is 10.9. The maximum Gasteiger partial charge on any atom is 0.337 e. The van der Waals surface area contributed by atoms with Crippen molar-refractivity contribution in [3.8, 4) is 11.3 Å². The molecule has 2 fully saturated rings. The number of likely N-dealkylation sites (tertiary alicyclic amines) is 2. The van der Waals surface area contributed by atoms with Gasteiger partial charge in [0.05, 0.1) is 23.3 Å². The molecule has 1 aromatic carbocycles. The fraction of sp³-hybridized carbons (Fsp3) is 0.333. The highest BCUT2D eigenvalue weighted by atomic mass is 16.4. The van der Waals surface area contributed by atoms with Crippen LogP contribution in [0, 0.1) is 12.3 Å². The molecule has 3 aromatic heterocycles. The highest BCUT2D eigenvalue weighted by Crippen LogP contribution is 2.34. The van der Waals surface area contributed by atoms with E-state index in [1.165, 1.54) is 12.3 Å². The maximum absolute atomic E-state index is 13.9. The number of benzene rings is 1. The van der Waals surface area contributed by atoms with Gasteiger partial charge in [0.2, 0.25) is 5.91 Å². The number of aromatic amines is 1. The van der Waals surface area contributed by atoms with Crippen LogP contribution in [0.2, 0.25) is 0 Å². The number of rotatable bonds is 6. The minimum atomic E-state index is -1.05. The first kappa shape index (κ1) is 29.0. The molecule has 0 aliphatic carbocycles. The van der Waals surface area contributed by atoms with E-state index in [0.29, 0.717) is 47.8 Å². The lowest BCUT2D eigenvalue weighted by Crippen LogP contribution is -2.59. The number of aromatic nitrogens is 3. The first-order valence-corrected chi connectivity index (χ1v) is 14.6. The Morgan fingerprint density at radius 3 is 2.34 bits per heavy atom. The van der Waals surface area contributed by atoms with Gasteiger partial charge in [0.1, 0.15) is 17.4 Å². The summed E-state index contributed by atoms with van der Waals surface area (Å²) in [6, 6.07) is 14.9. The Bertz CT molecular complexity index is 1760. The molecule has 11 nitrogen and oxygen atoms in total. The van der Waals surface area contributed by atoms with Crippen LogP contribution in [-0.2, 0) is 4.79 Å². The first-order valence-electron chi connectivity index (χ1n) is 14.6. The predicted octanol–water partition coefficient (Wildman–Crippen LogP) is 3.90. The van der Waals surface area contributed by atoms with Gasteiger partial charge in [-0.15, -0.1) is 0 Å². The number of carbonyl (C=O) groups excluding carboxylic acids is 3. The van der Waals surface area contributed by atoms with E-state index in [4.69, 9.17) is 5.11 Å². The average molecular weight is 595 g/mol. The quantitative estimate of drug-likeness (QED) is 0.307. The minimum absolute atomic E-state index is 0.0909. The molecule has 11 heteroatoms. The van der Waals surface area contributed by atoms with E-state index >= 15 is 0 Å². The highest BCUT2D eigenvalue weighted by Gasteiger charge is 2.50. The summed E-state index contributed by atoms with van der Waals surface area (Å²) >= 11 is 0. The van der Waals surface area contributed by atoms with Gasteiger partial charge in [0.15, 0.2) is 0 Å². The maximum atomic E-state index is 13.9. The van der Waals surface area contributed by atoms with Crippen LogP contribution in [0.1, 0.15) is 64.2 Å². The Hall–Kier alpha value is -5.06. The molecule has 0 saturated carbocycles. The summed E-state index contributed by atoms with van der Waals surface area (Å²) in [5.74, 6) is -1.74. The number of carbonyl (C=O) groups is 4. The van der Waals surface area contributed by atoms with Crippen LogP contribution in [0.3, 0.4) is 0 Å². The zero-order chi connectivity index (χ0) is 31.3. The third-order valence-electron chi connectivity index (χ3n) is 8.54. The number of aromatic carboxylic acids is 1. The minimum Gasteiger partial charge on any atom is -0.478 e. The number of hydrogen-bond donors (Lipinski definition) is 3.